The zero-order valence-electron chi connectivity index (χ0n) is 12.3. The number of benzene rings is 1. The summed E-state index contributed by atoms with van der Waals surface area (Å²) < 4.78 is 1.81. The summed E-state index contributed by atoms with van der Waals surface area (Å²) in [5.41, 5.74) is 11.7. The number of amides is 1. The number of halogens is 2. The molecule has 8 heteroatoms. The van der Waals surface area contributed by atoms with E-state index in [1.54, 1.807) is 12.1 Å². The van der Waals surface area contributed by atoms with Crippen molar-refractivity contribution in [2.24, 2.45) is 16.5 Å². The summed E-state index contributed by atoms with van der Waals surface area (Å²) in [5, 5.41) is 1.54. The van der Waals surface area contributed by atoms with Gasteiger partial charge in [-0.1, -0.05) is 23.2 Å². The molecule has 2 aromatic rings. The Bertz CT molecular complexity index is 747. The molecule has 4 N–H and O–H groups in total. The monoisotopic (exact) mass is 341 g/mol. The highest BCUT2D eigenvalue weighted by molar-refractivity contribution is 6.40. The van der Waals surface area contributed by atoms with Gasteiger partial charge in [0.05, 0.1) is 10.5 Å². The number of nitrogens with two attached hydrogens (primary N) is 2. The fourth-order valence-electron chi connectivity index (χ4n) is 2.20. The SMILES string of the molecule is CN(C)CCn1c(C(=O)N=C(N)N)c(Cl)c2cc(Cl)ccc21. The minimum absolute atomic E-state index is 0.259. The summed E-state index contributed by atoms with van der Waals surface area (Å²) in [5.74, 6) is -0.875. The van der Waals surface area contributed by atoms with Crippen LogP contribution in [-0.2, 0) is 6.54 Å². The first kappa shape index (κ1) is 16.6. The molecule has 1 aromatic carbocycles. The van der Waals surface area contributed by atoms with Crippen molar-refractivity contribution in [2.75, 3.05) is 20.6 Å². The first-order valence-electron chi connectivity index (χ1n) is 6.57. The molecule has 1 amide bonds. The zero-order chi connectivity index (χ0) is 16.4. The summed E-state index contributed by atoms with van der Waals surface area (Å²) in [4.78, 5) is 17.9. The molecule has 0 bridgehead atoms. The van der Waals surface area contributed by atoms with Gasteiger partial charge in [-0.25, -0.2) is 0 Å². The van der Waals surface area contributed by atoms with Crippen LogP contribution in [0.3, 0.4) is 0 Å². The molecule has 118 valence electrons. The number of fused-ring (bicyclic) bond motifs is 1. The zero-order valence-corrected chi connectivity index (χ0v) is 13.8. The van der Waals surface area contributed by atoms with Crippen molar-refractivity contribution in [3.05, 3.63) is 33.9 Å². The lowest BCUT2D eigenvalue weighted by Gasteiger charge is -2.13. The highest BCUT2D eigenvalue weighted by atomic mass is 35.5. The summed E-state index contributed by atoms with van der Waals surface area (Å²) >= 11 is 12.4. The number of rotatable bonds is 4. The van der Waals surface area contributed by atoms with Crippen molar-refractivity contribution in [1.82, 2.24) is 9.47 Å². The van der Waals surface area contributed by atoms with Crippen molar-refractivity contribution >= 4 is 46.0 Å². The standard InChI is InChI=1S/C14H17Cl2N5O/c1-20(2)5-6-21-10-4-3-8(15)7-9(10)11(16)12(21)13(22)19-14(17)18/h3-4,7H,5-6H2,1-2H3,(H4,17,18,19,22). The number of aromatic nitrogens is 1. The number of aliphatic imine (C=N–C) groups is 1. The van der Waals surface area contributed by atoms with E-state index < -0.39 is 5.91 Å². The third-order valence-electron chi connectivity index (χ3n) is 3.17. The van der Waals surface area contributed by atoms with E-state index in [2.05, 4.69) is 4.99 Å². The third-order valence-corrected chi connectivity index (χ3v) is 3.79. The van der Waals surface area contributed by atoms with Gasteiger partial charge in [0.1, 0.15) is 5.69 Å². The lowest BCUT2D eigenvalue weighted by molar-refractivity contribution is 0.0994. The van der Waals surface area contributed by atoms with E-state index in [0.717, 1.165) is 12.1 Å². The molecule has 0 aliphatic carbocycles. The van der Waals surface area contributed by atoms with Gasteiger partial charge in [-0.05, 0) is 32.3 Å². The van der Waals surface area contributed by atoms with Crippen LogP contribution in [0.25, 0.3) is 10.9 Å². The number of nitrogens with zero attached hydrogens (tertiary/aromatic N) is 3. The van der Waals surface area contributed by atoms with E-state index in [1.807, 2.05) is 29.6 Å². The van der Waals surface area contributed by atoms with Crippen molar-refractivity contribution in [1.29, 1.82) is 0 Å². The molecule has 6 nitrogen and oxygen atoms in total. The summed E-state index contributed by atoms with van der Waals surface area (Å²) in [6.07, 6.45) is 0. The van der Waals surface area contributed by atoms with Crippen molar-refractivity contribution in [3.8, 4) is 0 Å². The second-order valence-corrected chi connectivity index (χ2v) is 5.94. The second kappa shape index (κ2) is 6.56. The molecule has 0 saturated heterocycles. The van der Waals surface area contributed by atoms with Gasteiger partial charge in [0.15, 0.2) is 5.96 Å². The van der Waals surface area contributed by atoms with Crippen LogP contribution in [-0.4, -0.2) is 42.0 Å². The maximum Gasteiger partial charge on any atom is 0.298 e. The molecule has 0 fully saturated rings. The molecule has 1 aromatic heterocycles. The van der Waals surface area contributed by atoms with E-state index in [0.29, 0.717) is 22.0 Å². The number of carbonyl (C=O) groups is 1. The number of hydrogen-bond acceptors (Lipinski definition) is 2. The predicted molar refractivity (Wildman–Crippen MR) is 90.7 cm³/mol. The first-order valence-corrected chi connectivity index (χ1v) is 7.32. The van der Waals surface area contributed by atoms with E-state index in [4.69, 9.17) is 34.7 Å². The Morgan fingerprint density at radius 1 is 1.32 bits per heavy atom. The Balaban J connectivity index is 2.65. The maximum atomic E-state index is 12.3. The van der Waals surface area contributed by atoms with Gasteiger partial charge >= 0.3 is 0 Å². The van der Waals surface area contributed by atoms with Gasteiger partial charge in [-0.2, -0.15) is 4.99 Å². The van der Waals surface area contributed by atoms with Crippen molar-refractivity contribution < 1.29 is 4.79 Å². The summed E-state index contributed by atoms with van der Waals surface area (Å²) in [7, 11) is 3.89. The normalized spacial score (nSPS) is 11.1. The van der Waals surface area contributed by atoms with E-state index in [-0.39, 0.29) is 11.7 Å². The summed E-state index contributed by atoms with van der Waals surface area (Å²) in [6, 6.07) is 5.30. The minimum Gasteiger partial charge on any atom is -0.370 e. The van der Waals surface area contributed by atoms with Gasteiger partial charge in [0.25, 0.3) is 5.91 Å². The maximum absolute atomic E-state index is 12.3. The quantitative estimate of drug-likeness (QED) is 0.656. The Labute approximate surface area is 138 Å². The first-order chi connectivity index (χ1) is 10.3. The van der Waals surface area contributed by atoms with Crippen LogP contribution in [0.1, 0.15) is 10.5 Å². The molecule has 0 saturated carbocycles. The number of likely N-dealkylation sites (N-methyl/N-ethyl adjacent to an activating group) is 1. The Morgan fingerprint density at radius 2 is 2.00 bits per heavy atom. The molecule has 22 heavy (non-hydrogen) atoms. The van der Waals surface area contributed by atoms with E-state index in [9.17, 15) is 4.79 Å². The molecular formula is C14H17Cl2N5O. The predicted octanol–water partition coefficient (Wildman–Crippen LogP) is 1.92. The van der Waals surface area contributed by atoms with Gasteiger partial charge in [-0.15, -0.1) is 0 Å². The summed E-state index contributed by atoms with van der Waals surface area (Å²) in [6.45, 7) is 1.30. The fourth-order valence-corrected chi connectivity index (χ4v) is 2.70. The average Bonchev–Trinajstić information content (AvgIpc) is 2.68. The molecule has 1 heterocycles. The highest BCUT2D eigenvalue weighted by Crippen LogP contribution is 2.33. The van der Waals surface area contributed by atoms with E-state index in [1.165, 1.54) is 0 Å². The molecule has 0 atom stereocenters. The Morgan fingerprint density at radius 3 is 2.59 bits per heavy atom. The molecular weight excluding hydrogens is 325 g/mol. The lowest BCUT2D eigenvalue weighted by atomic mass is 10.2. The number of carbonyl (C=O) groups excluding carboxylic acids is 1. The molecule has 0 radical (unpaired) electrons. The Hall–Kier alpha value is -1.76. The minimum atomic E-state index is -0.573. The van der Waals surface area contributed by atoms with Crippen LogP contribution in [0, 0.1) is 0 Å². The highest BCUT2D eigenvalue weighted by Gasteiger charge is 2.22. The molecule has 0 unspecified atom stereocenters. The van der Waals surface area contributed by atoms with Gasteiger partial charge in [0, 0.05) is 23.5 Å². The number of guanidine groups is 1. The van der Waals surface area contributed by atoms with Crippen LogP contribution in [0.5, 0.6) is 0 Å². The largest absolute Gasteiger partial charge is 0.370 e. The van der Waals surface area contributed by atoms with Crippen LogP contribution >= 0.6 is 23.2 Å². The lowest BCUT2D eigenvalue weighted by Crippen LogP contribution is -2.25. The van der Waals surface area contributed by atoms with Crippen LogP contribution in [0.2, 0.25) is 10.0 Å². The van der Waals surface area contributed by atoms with Crippen LogP contribution < -0.4 is 11.5 Å². The van der Waals surface area contributed by atoms with Gasteiger partial charge in [0.2, 0.25) is 0 Å². The van der Waals surface area contributed by atoms with Crippen molar-refractivity contribution in [2.45, 2.75) is 6.54 Å². The third kappa shape index (κ3) is 3.35. The molecule has 0 spiro atoms. The fraction of sp³-hybridized carbons (Fsp3) is 0.286. The van der Waals surface area contributed by atoms with Gasteiger partial charge < -0.3 is 20.9 Å². The number of hydrogen-bond donors (Lipinski definition) is 2. The average molecular weight is 342 g/mol. The Kier molecular flexibility index (Phi) is 4.95. The van der Waals surface area contributed by atoms with Crippen LogP contribution in [0.4, 0.5) is 0 Å². The topological polar surface area (TPSA) is 89.6 Å². The van der Waals surface area contributed by atoms with Gasteiger partial charge in [-0.3, -0.25) is 4.79 Å². The molecule has 0 aliphatic rings. The second-order valence-electron chi connectivity index (χ2n) is 5.12. The van der Waals surface area contributed by atoms with Crippen LogP contribution in [0.15, 0.2) is 23.2 Å². The van der Waals surface area contributed by atoms with Crippen molar-refractivity contribution in [3.63, 3.8) is 0 Å². The van der Waals surface area contributed by atoms with E-state index >= 15 is 0 Å². The smallest absolute Gasteiger partial charge is 0.298 e. The molecule has 2 rings (SSSR count). The molecule has 0 aliphatic heterocycles.